The van der Waals surface area contributed by atoms with Gasteiger partial charge in [-0.3, -0.25) is 9.59 Å². The third-order valence-electron chi connectivity index (χ3n) is 4.57. The minimum Gasteiger partial charge on any atom is -0.481 e. The average molecular weight is 358 g/mol. The number of carbonyl (C=O) groups excluding carboxylic acids is 1. The molecule has 3 rings (SSSR count). The normalized spacial score (nSPS) is 17.5. The molecular formula is C19H22N2O3S. The summed E-state index contributed by atoms with van der Waals surface area (Å²) in [4.78, 5) is 29.8. The number of carboxylic acid groups (broad SMARTS) is 1. The van der Waals surface area contributed by atoms with Crippen molar-refractivity contribution in [2.75, 3.05) is 13.1 Å². The molecule has 0 spiro atoms. The Morgan fingerprint density at radius 1 is 1.32 bits per heavy atom. The van der Waals surface area contributed by atoms with Crippen molar-refractivity contribution in [1.29, 1.82) is 0 Å². The number of likely N-dealkylation sites (tertiary alicyclic amines) is 1. The third-order valence-corrected chi connectivity index (χ3v) is 5.58. The molecule has 1 N–H and O–H groups in total. The van der Waals surface area contributed by atoms with Crippen molar-refractivity contribution in [1.82, 2.24) is 9.88 Å². The zero-order valence-electron chi connectivity index (χ0n) is 14.3. The summed E-state index contributed by atoms with van der Waals surface area (Å²) in [6, 6.07) is 7.60. The van der Waals surface area contributed by atoms with Gasteiger partial charge in [0.1, 0.15) is 5.01 Å². The minimum atomic E-state index is -0.767. The molecule has 1 saturated heterocycles. The predicted octanol–water partition coefficient (Wildman–Crippen LogP) is 3.84. The Morgan fingerprint density at radius 2 is 2.08 bits per heavy atom. The molecule has 25 heavy (non-hydrogen) atoms. The van der Waals surface area contributed by atoms with Crippen LogP contribution in [-0.4, -0.2) is 40.0 Å². The topological polar surface area (TPSA) is 70.5 Å². The number of aliphatic carboxylic acids is 1. The van der Waals surface area contributed by atoms with Crippen LogP contribution in [0, 0.1) is 12.8 Å². The van der Waals surface area contributed by atoms with Crippen molar-refractivity contribution in [2.45, 2.75) is 32.6 Å². The molecule has 0 saturated carbocycles. The highest BCUT2D eigenvalue weighted by Gasteiger charge is 2.24. The fourth-order valence-electron chi connectivity index (χ4n) is 3.24. The van der Waals surface area contributed by atoms with Gasteiger partial charge in [0, 0.05) is 41.7 Å². The maximum absolute atomic E-state index is 12.7. The maximum Gasteiger partial charge on any atom is 0.303 e. The first-order chi connectivity index (χ1) is 12.0. The number of thiazole rings is 1. The molecule has 1 aromatic carbocycles. The summed E-state index contributed by atoms with van der Waals surface area (Å²) in [6.45, 7) is 3.37. The van der Waals surface area contributed by atoms with E-state index in [2.05, 4.69) is 4.98 Å². The highest BCUT2D eigenvalue weighted by Crippen LogP contribution is 2.25. The van der Waals surface area contributed by atoms with E-state index >= 15 is 0 Å². The van der Waals surface area contributed by atoms with Gasteiger partial charge in [0.15, 0.2) is 0 Å². The Hall–Kier alpha value is -2.21. The zero-order valence-corrected chi connectivity index (χ0v) is 15.1. The summed E-state index contributed by atoms with van der Waals surface area (Å²) in [6.07, 6.45) is 2.75. The molecule has 0 aliphatic carbocycles. The molecule has 1 atom stereocenters. The highest BCUT2D eigenvalue weighted by molar-refractivity contribution is 7.13. The Morgan fingerprint density at radius 3 is 2.72 bits per heavy atom. The molecule has 1 aliphatic rings. The second kappa shape index (κ2) is 7.78. The van der Waals surface area contributed by atoms with E-state index in [0.29, 0.717) is 18.5 Å². The second-order valence-electron chi connectivity index (χ2n) is 6.56. The summed E-state index contributed by atoms with van der Waals surface area (Å²) >= 11 is 1.60. The van der Waals surface area contributed by atoms with Gasteiger partial charge in [-0.2, -0.15) is 0 Å². The first-order valence-electron chi connectivity index (χ1n) is 8.56. The molecule has 2 heterocycles. The van der Waals surface area contributed by atoms with Gasteiger partial charge in [0.2, 0.25) is 0 Å². The van der Waals surface area contributed by atoms with E-state index in [4.69, 9.17) is 5.11 Å². The Kier molecular flexibility index (Phi) is 5.48. The van der Waals surface area contributed by atoms with Crippen LogP contribution in [0.25, 0.3) is 10.6 Å². The number of piperidine rings is 1. The van der Waals surface area contributed by atoms with E-state index in [9.17, 15) is 9.59 Å². The van der Waals surface area contributed by atoms with Gasteiger partial charge in [-0.05, 0) is 44.2 Å². The highest BCUT2D eigenvalue weighted by atomic mass is 32.1. The number of rotatable bonds is 5. The van der Waals surface area contributed by atoms with Gasteiger partial charge < -0.3 is 10.0 Å². The van der Waals surface area contributed by atoms with E-state index in [0.717, 1.165) is 35.7 Å². The van der Waals surface area contributed by atoms with Crippen molar-refractivity contribution >= 4 is 23.2 Å². The number of hydrogen-bond acceptors (Lipinski definition) is 4. The fourth-order valence-corrected chi connectivity index (χ4v) is 4.04. The SMILES string of the molecule is Cc1csc(-c2ccc(C(=O)N3CCCC(CCC(=O)O)C3)cc2)n1. The first-order valence-corrected chi connectivity index (χ1v) is 9.44. The first kappa shape index (κ1) is 17.6. The van der Waals surface area contributed by atoms with E-state index < -0.39 is 5.97 Å². The number of carboxylic acids is 1. The molecule has 6 heteroatoms. The zero-order chi connectivity index (χ0) is 17.8. The lowest BCUT2D eigenvalue weighted by Gasteiger charge is -2.32. The molecule has 1 aliphatic heterocycles. The van der Waals surface area contributed by atoms with E-state index in [1.54, 1.807) is 11.3 Å². The third kappa shape index (κ3) is 4.45. The number of amides is 1. The molecule has 2 aromatic rings. The Bertz CT molecular complexity index is 754. The summed E-state index contributed by atoms with van der Waals surface area (Å²) in [5, 5.41) is 11.8. The number of aryl methyl sites for hydroxylation is 1. The summed E-state index contributed by atoms with van der Waals surface area (Å²) in [5.74, 6) is -0.454. The molecule has 0 bridgehead atoms. The summed E-state index contributed by atoms with van der Waals surface area (Å²) in [7, 11) is 0. The van der Waals surface area contributed by atoms with Gasteiger partial charge in [0.25, 0.3) is 5.91 Å². The van der Waals surface area contributed by atoms with E-state index in [1.807, 2.05) is 41.5 Å². The Balaban J connectivity index is 1.65. The van der Waals surface area contributed by atoms with Crippen LogP contribution in [0.2, 0.25) is 0 Å². The smallest absolute Gasteiger partial charge is 0.303 e. The van der Waals surface area contributed by atoms with Crippen molar-refractivity contribution < 1.29 is 14.7 Å². The lowest BCUT2D eigenvalue weighted by atomic mass is 9.93. The van der Waals surface area contributed by atoms with Gasteiger partial charge in [-0.1, -0.05) is 12.1 Å². The van der Waals surface area contributed by atoms with Gasteiger partial charge >= 0.3 is 5.97 Å². The maximum atomic E-state index is 12.7. The lowest BCUT2D eigenvalue weighted by Crippen LogP contribution is -2.40. The molecule has 132 valence electrons. The molecule has 1 unspecified atom stereocenters. The number of hydrogen-bond donors (Lipinski definition) is 1. The number of aromatic nitrogens is 1. The van der Waals surface area contributed by atoms with E-state index in [1.165, 1.54) is 0 Å². The van der Waals surface area contributed by atoms with Crippen LogP contribution < -0.4 is 0 Å². The van der Waals surface area contributed by atoms with Crippen molar-refractivity contribution in [3.05, 3.63) is 40.9 Å². The molecule has 0 radical (unpaired) electrons. The van der Waals surface area contributed by atoms with Crippen LogP contribution in [0.1, 0.15) is 41.7 Å². The van der Waals surface area contributed by atoms with Crippen molar-refractivity contribution in [2.24, 2.45) is 5.92 Å². The molecular weight excluding hydrogens is 336 g/mol. The van der Waals surface area contributed by atoms with Crippen LogP contribution in [0.4, 0.5) is 0 Å². The Labute approximate surface area is 151 Å². The number of benzene rings is 1. The largest absolute Gasteiger partial charge is 0.481 e. The predicted molar refractivity (Wildman–Crippen MR) is 97.8 cm³/mol. The fraction of sp³-hybridized carbons (Fsp3) is 0.421. The quantitative estimate of drug-likeness (QED) is 0.882. The van der Waals surface area contributed by atoms with Crippen LogP contribution in [0.3, 0.4) is 0 Å². The van der Waals surface area contributed by atoms with Crippen LogP contribution in [-0.2, 0) is 4.79 Å². The van der Waals surface area contributed by atoms with Gasteiger partial charge in [-0.15, -0.1) is 11.3 Å². The molecule has 5 nitrogen and oxygen atoms in total. The van der Waals surface area contributed by atoms with Gasteiger partial charge in [0.05, 0.1) is 0 Å². The molecule has 1 aromatic heterocycles. The average Bonchev–Trinajstić information content (AvgIpc) is 3.06. The van der Waals surface area contributed by atoms with E-state index in [-0.39, 0.29) is 18.2 Å². The van der Waals surface area contributed by atoms with Crippen molar-refractivity contribution in [3.63, 3.8) is 0 Å². The number of nitrogens with zero attached hydrogens (tertiary/aromatic N) is 2. The van der Waals surface area contributed by atoms with Crippen LogP contribution in [0.15, 0.2) is 29.6 Å². The summed E-state index contributed by atoms with van der Waals surface area (Å²) < 4.78 is 0. The summed E-state index contributed by atoms with van der Waals surface area (Å²) in [5.41, 5.74) is 2.70. The van der Waals surface area contributed by atoms with Gasteiger partial charge in [-0.25, -0.2) is 4.98 Å². The van der Waals surface area contributed by atoms with Crippen LogP contribution >= 0.6 is 11.3 Å². The van der Waals surface area contributed by atoms with Crippen LogP contribution in [0.5, 0.6) is 0 Å². The molecule has 1 amide bonds. The standard InChI is InChI=1S/C19H22N2O3S/c1-13-12-25-18(20-13)15-5-7-16(8-6-15)19(24)21-10-2-3-14(11-21)4-9-17(22)23/h5-8,12,14H,2-4,9-11H2,1H3,(H,22,23). The number of carbonyl (C=O) groups is 2. The monoisotopic (exact) mass is 358 g/mol. The molecule has 1 fully saturated rings. The minimum absolute atomic E-state index is 0.0295. The lowest BCUT2D eigenvalue weighted by molar-refractivity contribution is -0.137. The van der Waals surface area contributed by atoms with Crippen molar-refractivity contribution in [3.8, 4) is 10.6 Å². The second-order valence-corrected chi connectivity index (χ2v) is 7.42.